The van der Waals surface area contributed by atoms with Crippen LogP contribution in [0.2, 0.25) is 0 Å². The van der Waals surface area contributed by atoms with E-state index in [2.05, 4.69) is 14.9 Å². The van der Waals surface area contributed by atoms with Crippen molar-refractivity contribution < 1.29 is 22.3 Å². The van der Waals surface area contributed by atoms with Crippen molar-refractivity contribution in [3.63, 3.8) is 0 Å². The smallest absolute Gasteiger partial charge is 0.247 e. The number of aromatic nitrogens is 2. The molecule has 0 saturated heterocycles. The zero-order valence-electron chi connectivity index (χ0n) is 15.1. The van der Waals surface area contributed by atoms with Crippen LogP contribution < -0.4 is 14.2 Å². The Bertz CT molecular complexity index is 1050. The summed E-state index contributed by atoms with van der Waals surface area (Å²) in [6.07, 6.45) is 0. The number of benzene rings is 2. The molecule has 2 aromatic carbocycles. The summed E-state index contributed by atoms with van der Waals surface area (Å²) < 4.78 is 43.3. The summed E-state index contributed by atoms with van der Waals surface area (Å²) in [6.45, 7) is 1.58. The van der Waals surface area contributed by atoms with Crippen LogP contribution in [-0.4, -0.2) is 32.8 Å². The van der Waals surface area contributed by atoms with E-state index in [0.717, 1.165) is 0 Å². The van der Waals surface area contributed by atoms with Crippen LogP contribution in [0.15, 0.2) is 51.8 Å². The van der Waals surface area contributed by atoms with E-state index in [0.29, 0.717) is 22.6 Å². The van der Waals surface area contributed by atoms with Gasteiger partial charge in [0.2, 0.25) is 21.8 Å². The molecule has 0 bridgehead atoms. The van der Waals surface area contributed by atoms with Crippen LogP contribution in [0.5, 0.6) is 11.5 Å². The molecule has 0 saturated carbocycles. The van der Waals surface area contributed by atoms with Crippen LogP contribution in [-0.2, 0) is 16.6 Å². The van der Waals surface area contributed by atoms with Crippen LogP contribution in [0.25, 0.3) is 11.5 Å². The largest absolute Gasteiger partial charge is 0.497 e. The molecule has 27 heavy (non-hydrogen) atoms. The van der Waals surface area contributed by atoms with Gasteiger partial charge >= 0.3 is 0 Å². The first kappa shape index (κ1) is 18.9. The maximum atomic E-state index is 12.5. The highest BCUT2D eigenvalue weighted by atomic mass is 32.2. The Labute approximate surface area is 157 Å². The molecule has 0 atom stereocenters. The highest BCUT2D eigenvalue weighted by molar-refractivity contribution is 7.89. The Hall–Kier alpha value is -2.91. The summed E-state index contributed by atoms with van der Waals surface area (Å²) in [4.78, 5) is 0.163. The zero-order chi connectivity index (χ0) is 19.4. The molecule has 0 spiro atoms. The molecule has 8 nitrogen and oxygen atoms in total. The van der Waals surface area contributed by atoms with Gasteiger partial charge in [-0.2, -0.15) is 0 Å². The van der Waals surface area contributed by atoms with Crippen molar-refractivity contribution in [2.24, 2.45) is 0 Å². The molecule has 142 valence electrons. The minimum atomic E-state index is -3.73. The standard InChI is InChI=1S/C18H19N3O5S/c1-12-9-15(25-3)7-8-16(12)27(22,23)19-11-17-20-21-18(26-17)13-5-4-6-14(10-13)24-2/h4-10,19H,11H2,1-3H3. The summed E-state index contributed by atoms with van der Waals surface area (Å²) >= 11 is 0. The highest BCUT2D eigenvalue weighted by Gasteiger charge is 2.19. The Morgan fingerprint density at radius 3 is 2.48 bits per heavy atom. The van der Waals surface area contributed by atoms with Crippen molar-refractivity contribution in [3.8, 4) is 23.0 Å². The Morgan fingerprint density at radius 1 is 1.04 bits per heavy atom. The lowest BCUT2D eigenvalue weighted by molar-refractivity contribution is 0.414. The van der Waals surface area contributed by atoms with Gasteiger partial charge in [0.05, 0.1) is 25.7 Å². The molecule has 3 aromatic rings. The molecule has 0 aliphatic carbocycles. The predicted molar refractivity (Wildman–Crippen MR) is 98.0 cm³/mol. The minimum Gasteiger partial charge on any atom is -0.497 e. The summed E-state index contributed by atoms with van der Waals surface area (Å²) in [5.74, 6) is 1.68. The van der Waals surface area contributed by atoms with E-state index in [9.17, 15) is 8.42 Å². The third-order valence-corrected chi connectivity index (χ3v) is 5.43. The van der Waals surface area contributed by atoms with Crippen LogP contribution in [0.4, 0.5) is 0 Å². The van der Waals surface area contributed by atoms with Crippen molar-refractivity contribution in [1.82, 2.24) is 14.9 Å². The van der Waals surface area contributed by atoms with Crippen molar-refractivity contribution in [1.29, 1.82) is 0 Å². The Kier molecular flexibility index (Phi) is 5.43. The molecular formula is C18H19N3O5S. The normalized spacial score (nSPS) is 11.4. The molecule has 1 heterocycles. The number of sulfonamides is 1. The SMILES string of the molecule is COc1cccc(-c2nnc(CNS(=O)(=O)c3ccc(OC)cc3C)o2)c1. The molecule has 0 amide bonds. The molecule has 0 aliphatic heterocycles. The molecule has 0 radical (unpaired) electrons. The molecule has 0 unspecified atom stereocenters. The van der Waals surface area contributed by atoms with Crippen LogP contribution >= 0.6 is 0 Å². The Morgan fingerprint density at radius 2 is 1.78 bits per heavy atom. The molecule has 1 N–H and O–H groups in total. The number of hydrogen-bond acceptors (Lipinski definition) is 7. The summed E-state index contributed by atoms with van der Waals surface area (Å²) in [6, 6.07) is 11.9. The van der Waals surface area contributed by atoms with Gasteiger partial charge < -0.3 is 13.9 Å². The van der Waals surface area contributed by atoms with Crippen molar-refractivity contribution in [3.05, 3.63) is 53.9 Å². The van der Waals surface area contributed by atoms with Crippen LogP contribution in [0.3, 0.4) is 0 Å². The van der Waals surface area contributed by atoms with Gasteiger partial charge in [-0.3, -0.25) is 0 Å². The molecule has 0 fully saturated rings. The number of nitrogens with zero attached hydrogens (tertiary/aromatic N) is 2. The predicted octanol–water partition coefficient (Wildman–Crippen LogP) is 2.54. The van der Waals surface area contributed by atoms with E-state index in [4.69, 9.17) is 13.9 Å². The highest BCUT2D eigenvalue weighted by Crippen LogP contribution is 2.23. The first-order chi connectivity index (χ1) is 12.9. The number of methoxy groups -OCH3 is 2. The fraction of sp³-hybridized carbons (Fsp3) is 0.222. The number of hydrogen-bond donors (Lipinski definition) is 1. The number of rotatable bonds is 7. The summed E-state index contributed by atoms with van der Waals surface area (Å²) in [5.41, 5.74) is 1.26. The van der Waals surface area contributed by atoms with E-state index in [1.807, 2.05) is 0 Å². The van der Waals surface area contributed by atoms with Gasteiger partial charge in [-0.05, 0) is 48.9 Å². The maximum absolute atomic E-state index is 12.5. The van der Waals surface area contributed by atoms with Gasteiger partial charge in [0, 0.05) is 5.56 Å². The van der Waals surface area contributed by atoms with E-state index in [1.54, 1.807) is 50.4 Å². The van der Waals surface area contributed by atoms with Gasteiger partial charge in [0.25, 0.3) is 0 Å². The quantitative estimate of drug-likeness (QED) is 0.662. The number of ether oxygens (including phenoxy) is 2. The second kappa shape index (κ2) is 7.77. The molecule has 0 aliphatic rings. The van der Waals surface area contributed by atoms with Crippen molar-refractivity contribution in [2.45, 2.75) is 18.4 Å². The Balaban J connectivity index is 1.74. The van der Waals surface area contributed by atoms with Gasteiger partial charge in [-0.25, -0.2) is 13.1 Å². The lowest BCUT2D eigenvalue weighted by atomic mass is 10.2. The maximum Gasteiger partial charge on any atom is 0.247 e. The number of aryl methyl sites for hydroxylation is 1. The number of nitrogens with one attached hydrogen (secondary N) is 1. The summed E-state index contributed by atoms with van der Waals surface area (Å²) in [7, 11) is -0.645. The lowest BCUT2D eigenvalue weighted by Gasteiger charge is -2.09. The van der Waals surface area contributed by atoms with Gasteiger partial charge in [-0.15, -0.1) is 10.2 Å². The van der Waals surface area contributed by atoms with Crippen molar-refractivity contribution in [2.75, 3.05) is 14.2 Å². The fourth-order valence-corrected chi connectivity index (χ4v) is 3.68. The van der Waals surface area contributed by atoms with Gasteiger partial charge in [0.15, 0.2) is 0 Å². The zero-order valence-corrected chi connectivity index (χ0v) is 15.9. The van der Waals surface area contributed by atoms with Crippen LogP contribution in [0, 0.1) is 6.92 Å². The molecular weight excluding hydrogens is 370 g/mol. The van der Waals surface area contributed by atoms with Crippen molar-refractivity contribution >= 4 is 10.0 Å². The second-order valence-electron chi connectivity index (χ2n) is 5.69. The summed E-state index contributed by atoms with van der Waals surface area (Å²) in [5, 5.41) is 7.84. The van der Waals surface area contributed by atoms with Crippen LogP contribution in [0.1, 0.15) is 11.5 Å². The monoisotopic (exact) mass is 389 g/mol. The average molecular weight is 389 g/mol. The average Bonchev–Trinajstić information content (AvgIpc) is 3.15. The molecule has 3 rings (SSSR count). The topological polar surface area (TPSA) is 104 Å². The van der Waals surface area contributed by atoms with Gasteiger partial charge in [-0.1, -0.05) is 6.07 Å². The first-order valence-electron chi connectivity index (χ1n) is 8.04. The lowest BCUT2D eigenvalue weighted by Crippen LogP contribution is -2.24. The molecule has 1 aromatic heterocycles. The van der Waals surface area contributed by atoms with E-state index >= 15 is 0 Å². The fourth-order valence-electron chi connectivity index (χ4n) is 2.48. The first-order valence-corrected chi connectivity index (χ1v) is 9.52. The molecule has 9 heteroatoms. The second-order valence-corrected chi connectivity index (χ2v) is 7.42. The third kappa shape index (κ3) is 4.26. The van der Waals surface area contributed by atoms with E-state index in [1.165, 1.54) is 13.2 Å². The minimum absolute atomic E-state index is 0.120. The third-order valence-electron chi connectivity index (χ3n) is 3.87. The van der Waals surface area contributed by atoms with Gasteiger partial charge in [0.1, 0.15) is 11.5 Å². The van der Waals surface area contributed by atoms with E-state index < -0.39 is 10.0 Å². The van der Waals surface area contributed by atoms with E-state index in [-0.39, 0.29) is 23.2 Å².